The van der Waals surface area contributed by atoms with Crippen LogP contribution in [-0.2, 0) is 16.0 Å². The van der Waals surface area contributed by atoms with Gasteiger partial charge >= 0.3 is 5.97 Å². The Bertz CT molecular complexity index is 657. The molecule has 1 aromatic carbocycles. The van der Waals surface area contributed by atoms with Gasteiger partial charge in [0.1, 0.15) is 11.9 Å². The Morgan fingerprint density at radius 1 is 1.57 bits per heavy atom. The molecule has 1 aromatic rings. The maximum atomic E-state index is 11.2. The summed E-state index contributed by atoms with van der Waals surface area (Å²) in [5, 5.41) is 13.8. The SMILES string of the molecule is COC(=O)CCCc1cccc2c1OC1CC(O)C(N=[N+]=[N-])C21. The third-order valence-corrected chi connectivity index (χ3v) is 4.63. The molecule has 1 aliphatic carbocycles. The molecule has 1 saturated carbocycles. The van der Waals surface area contributed by atoms with Gasteiger partial charge in [0.15, 0.2) is 0 Å². The predicted molar refractivity (Wildman–Crippen MR) is 82.1 cm³/mol. The molecule has 0 bridgehead atoms. The standard InChI is InChI=1S/C16H19N3O4/c1-22-13(21)7-3-5-9-4-2-6-10-14-12(23-16(9)10)8-11(20)15(14)18-19-17/h2,4,6,11-12,14-15,20H,3,5,7-8H2,1H3. The summed E-state index contributed by atoms with van der Waals surface area (Å²) in [4.78, 5) is 14.1. The van der Waals surface area contributed by atoms with Crippen LogP contribution in [0.3, 0.4) is 0 Å². The number of hydrogen-bond donors (Lipinski definition) is 1. The molecular weight excluding hydrogens is 298 g/mol. The minimum Gasteiger partial charge on any atom is -0.489 e. The molecule has 1 N–H and O–H groups in total. The number of azide groups is 1. The van der Waals surface area contributed by atoms with Crippen LogP contribution in [0.2, 0.25) is 0 Å². The van der Waals surface area contributed by atoms with Crippen LogP contribution in [0.1, 0.15) is 36.3 Å². The molecule has 1 heterocycles. The topological polar surface area (TPSA) is 105 Å². The lowest BCUT2D eigenvalue weighted by Gasteiger charge is -2.15. The fourth-order valence-electron chi connectivity index (χ4n) is 3.58. The average molecular weight is 317 g/mol. The Balaban J connectivity index is 1.80. The van der Waals surface area contributed by atoms with Crippen LogP contribution in [0.25, 0.3) is 10.4 Å². The summed E-state index contributed by atoms with van der Waals surface area (Å²) in [6, 6.07) is 5.39. The maximum absolute atomic E-state index is 11.2. The molecule has 2 aliphatic rings. The van der Waals surface area contributed by atoms with E-state index >= 15 is 0 Å². The Labute approximate surface area is 133 Å². The number of esters is 1. The second-order valence-electron chi connectivity index (χ2n) is 5.95. The first kappa shape index (κ1) is 15.6. The zero-order valence-corrected chi connectivity index (χ0v) is 12.9. The summed E-state index contributed by atoms with van der Waals surface area (Å²) >= 11 is 0. The lowest BCUT2D eigenvalue weighted by atomic mass is 9.92. The summed E-state index contributed by atoms with van der Waals surface area (Å²) in [6.07, 6.45) is 1.41. The number of benzene rings is 1. The number of para-hydroxylation sites is 1. The maximum Gasteiger partial charge on any atom is 0.305 e. The van der Waals surface area contributed by atoms with Crippen molar-refractivity contribution in [3.05, 3.63) is 39.8 Å². The highest BCUT2D eigenvalue weighted by molar-refractivity contribution is 5.69. The molecule has 0 saturated heterocycles. The molecule has 4 atom stereocenters. The molecule has 0 aromatic heterocycles. The summed E-state index contributed by atoms with van der Waals surface area (Å²) in [5.74, 6) is 0.496. The van der Waals surface area contributed by atoms with E-state index in [2.05, 4.69) is 14.8 Å². The number of ether oxygens (including phenoxy) is 2. The van der Waals surface area contributed by atoms with Crippen LogP contribution >= 0.6 is 0 Å². The van der Waals surface area contributed by atoms with Crippen molar-refractivity contribution in [2.45, 2.75) is 49.9 Å². The largest absolute Gasteiger partial charge is 0.489 e. The van der Waals surface area contributed by atoms with E-state index < -0.39 is 12.1 Å². The van der Waals surface area contributed by atoms with Gasteiger partial charge in [-0.05, 0) is 23.9 Å². The molecule has 0 radical (unpaired) electrons. The van der Waals surface area contributed by atoms with Gasteiger partial charge in [-0.25, -0.2) is 0 Å². The van der Waals surface area contributed by atoms with Crippen LogP contribution in [0.4, 0.5) is 0 Å². The summed E-state index contributed by atoms with van der Waals surface area (Å²) in [6.45, 7) is 0. The fourth-order valence-corrected chi connectivity index (χ4v) is 3.58. The highest BCUT2D eigenvalue weighted by Crippen LogP contribution is 2.49. The monoisotopic (exact) mass is 317 g/mol. The lowest BCUT2D eigenvalue weighted by molar-refractivity contribution is -0.140. The van der Waals surface area contributed by atoms with Gasteiger partial charge in [0.25, 0.3) is 0 Å². The van der Waals surface area contributed by atoms with Gasteiger partial charge in [0.05, 0.1) is 19.3 Å². The minimum absolute atomic E-state index is 0.101. The highest BCUT2D eigenvalue weighted by Gasteiger charge is 2.49. The highest BCUT2D eigenvalue weighted by atomic mass is 16.5. The van der Waals surface area contributed by atoms with E-state index in [1.807, 2.05) is 18.2 Å². The van der Waals surface area contributed by atoms with Crippen molar-refractivity contribution in [3.8, 4) is 5.75 Å². The fraction of sp³-hybridized carbons (Fsp3) is 0.562. The third kappa shape index (κ3) is 2.85. The number of nitrogens with zero attached hydrogens (tertiary/aromatic N) is 3. The summed E-state index contributed by atoms with van der Waals surface area (Å²) in [7, 11) is 1.38. The normalized spacial score (nSPS) is 27.6. The molecule has 7 nitrogen and oxygen atoms in total. The number of aliphatic hydroxyl groups is 1. The molecule has 0 amide bonds. The first-order valence-corrected chi connectivity index (χ1v) is 7.73. The molecule has 7 heteroatoms. The van der Waals surface area contributed by atoms with Gasteiger partial charge in [-0.3, -0.25) is 4.79 Å². The second-order valence-corrected chi connectivity index (χ2v) is 5.95. The minimum atomic E-state index is -0.669. The van der Waals surface area contributed by atoms with Crippen LogP contribution in [0, 0.1) is 0 Å². The molecule has 4 unspecified atom stereocenters. The van der Waals surface area contributed by atoms with E-state index in [0.717, 1.165) is 16.9 Å². The van der Waals surface area contributed by atoms with E-state index in [1.54, 1.807) is 0 Å². The van der Waals surface area contributed by atoms with Crippen LogP contribution in [-0.4, -0.2) is 36.4 Å². The van der Waals surface area contributed by atoms with Crippen molar-refractivity contribution in [2.75, 3.05) is 7.11 Å². The van der Waals surface area contributed by atoms with E-state index in [1.165, 1.54) is 7.11 Å². The zero-order chi connectivity index (χ0) is 16.4. The van der Waals surface area contributed by atoms with Gasteiger partial charge in [0, 0.05) is 29.2 Å². The van der Waals surface area contributed by atoms with Crippen molar-refractivity contribution in [3.63, 3.8) is 0 Å². The Morgan fingerprint density at radius 2 is 2.39 bits per heavy atom. The number of aryl methyl sites for hydroxylation is 1. The Kier molecular flexibility index (Phi) is 4.41. The quantitative estimate of drug-likeness (QED) is 0.390. The van der Waals surface area contributed by atoms with E-state index in [0.29, 0.717) is 25.7 Å². The van der Waals surface area contributed by atoms with Crippen LogP contribution in [0.5, 0.6) is 5.75 Å². The van der Waals surface area contributed by atoms with Crippen molar-refractivity contribution >= 4 is 5.97 Å². The van der Waals surface area contributed by atoms with Crippen LogP contribution < -0.4 is 4.74 Å². The van der Waals surface area contributed by atoms with Crippen molar-refractivity contribution in [1.29, 1.82) is 0 Å². The number of fused-ring (bicyclic) bond motifs is 3. The van der Waals surface area contributed by atoms with Gasteiger partial charge in [-0.1, -0.05) is 23.3 Å². The predicted octanol–water partition coefficient (Wildman–Crippen LogP) is 2.47. The number of aliphatic hydroxyl groups excluding tert-OH is 1. The molecular formula is C16H19N3O4. The number of carbonyl (C=O) groups is 1. The Hall–Kier alpha value is -2.24. The number of methoxy groups -OCH3 is 1. The molecule has 3 rings (SSSR count). The van der Waals surface area contributed by atoms with Gasteiger partial charge in [0.2, 0.25) is 0 Å². The molecule has 1 fully saturated rings. The van der Waals surface area contributed by atoms with Crippen molar-refractivity contribution in [1.82, 2.24) is 0 Å². The molecule has 1 aliphatic heterocycles. The van der Waals surface area contributed by atoms with Gasteiger partial charge in [-0.15, -0.1) is 0 Å². The number of rotatable bonds is 5. The van der Waals surface area contributed by atoms with E-state index in [-0.39, 0.29) is 18.0 Å². The second kappa shape index (κ2) is 6.48. The van der Waals surface area contributed by atoms with Crippen molar-refractivity contribution < 1.29 is 19.4 Å². The molecule has 23 heavy (non-hydrogen) atoms. The first-order valence-electron chi connectivity index (χ1n) is 7.73. The summed E-state index contributed by atoms with van der Waals surface area (Å²) in [5.41, 5.74) is 10.7. The zero-order valence-electron chi connectivity index (χ0n) is 12.9. The Morgan fingerprint density at radius 3 is 3.13 bits per heavy atom. The lowest BCUT2D eigenvalue weighted by Crippen LogP contribution is -2.21. The third-order valence-electron chi connectivity index (χ3n) is 4.63. The average Bonchev–Trinajstić information content (AvgIpc) is 3.04. The smallest absolute Gasteiger partial charge is 0.305 e. The first-order chi connectivity index (χ1) is 11.2. The van der Waals surface area contributed by atoms with E-state index in [4.69, 9.17) is 10.3 Å². The molecule has 122 valence electrons. The van der Waals surface area contributed by atoms with Crippen LogP contribution in [0.15, 0.2) is 23.3 Å². The van der Waals surface area contributed by atoms with Gasteiger partial charge < -0.3 is 14.6 Å². The number of carbonyl (C=O) groups excluding carboxylic acids is 1. The van der Waals surface area contributed by atoms with Crippen molar-refractivity contribution in [2.24, 2.45) is 5.11 Å². The molecule has 0 spiro atoms. The van der Waals surface area contributed by atoms with Gasteiger partial charge in [-0.2, -0.15) is 0 Å². The number of hydrogen-bond acceptors (Lipinski definition) is 5. The summed E-state index contributed by atoms with van der Waals surface area (Å²) < 4.78 is 10.7. The van der Waals surface area contributed by atoms with E-state index in [9.17, 15) is 9.90 Å².